The number of nitrogens with zero attached hydrogens (tertiary/aromatic N) is 1. The topological polar surface area (TPSA) is 144 Å². The molecule has 232 valence electrons. The van der Waals surface area contributed by atoms with Crippen molar-refractivity contribution in [3.05, 3.63) is 0 Å². The van der Waals surface area contributed by atoms with Crippen molar-refractivity contribution in [2.75, 3.05) is 13.6 Å². The van der Waals surface area contributed by atoms with Crippen LogP contribution >= 0.6 is 0 Å². The van der Waals surface area contributed by atoms with E-state index < -0.39 is 13.2 Å². The SMILES string of the molecule is CN=C(N)NCCC[C@H](NC(=O)CCCCCC(C)=O)C(=O)N[C@@H](CC(C)C)B1O[C@@H]2C[C@@H]3C[C@@H](C3(C)C)[C@]2(C)O1. The lowest BCUT2D eigenvalue weighted by molar-refractivity contribution is -0.199. The number of carbonyl (C=O) groups is 3. The third kappa shape index (κ3) is 8.46. The number of amides is 2. The minimum Gasteiger partial charge on any atom is -0.404 e. The first-order valence-electron chi connectivity index (χ1n) is 15.7. The number of Topliss-reactive ketones (excluding diaryl/α,β-unsaturated/α-hetero) is 1. The normalized spacial score (nSPS) is 28.0. The van der Waals surface area contributed by atoms with Crippen LogP contribution in [0.15, 0.2) is 4.99 Å². The Kier molecular flexibility index (Phi) is 11.7. The summed E-state index contributed by atoms with van der Waals surface area (Å²) in [5.41, 5.74) is 5.62. The molecule has 41 heavy (non-hydrogen) atoms. The number of unbranched alkanes of at least 4 members (excludes halogenated alkanes) is 2. The van der Waals surface area contributed by atoms with Gasteiger partial charge < -0.3 is 35.8 Å². The second-order valence-corrected chi connectivity index (χ2v) is 13.6. The van der Waals surface area contributed by atoms with Crippen molar-refractivity contribution in [2.24, 2.45) is 33.9 Å². The molecule has 3 saturated carbocycles. The van der Waals surface area contributed by atoms with Crippen LogP contribution < -0.4 is 21.7 Å². The van der Waals surface area contributed by atoms with Gasteiger partial charge in [-0.15, -0.1) is 0 Å². The quantitative estimate of drug-likeness (QED) is 0.0958. The summed E-state index contributed by atoms with van der Waals surface area (Å²) in [6.45, 7) is 13.2. The molecule has 11 heteroatoms. The van der Waals surface area contributed by atoms with Crippen LogP contribution in [-0.2, 0) is 23.7 Å². The highest BCUT2D eigenvalue weighted by molar-refractivity contribution is 6.48. The fourth-order valence-corrected chi connectivity index (χ4v) is 7.07. The largest absolute Gasteiger partial charge is 0.481 e. The van der Waals surface area contributed by atoms with Crippen LogP contribution in [0.4, 0.5) is 0 Å². The van der Waals surface area contributed by atoms with Crippen LogP contribution in [0.5, 0.6) is 0 Å². The lowest BCUT2D eigenvalue weighted by Gasteiger charge is -2.64. The van der Waals surface area contributed by atoms with E-state index in [2.05, 4.69) is 55.6 Å². The summed E-state index contributed by atoms with van der Waals surface area (Å²) in [6.07, 6.45) is 7.07. The predicted molar refractivity (Wildman–Crippen MR) is 162 cm³/mol. The standard InChI is InChI=1S/C30H54BN5O5/c1-19(2)16-25(31-40-24-18-21-17-23(29(21,4)5)30(24,6)41-31)36-27(39)22(13-11-15-34-28(32)33-7)35-26(38)14-10-8-9-12-20(3)37/h19,21-25H,8-18H2,1-7H3,(H,35,38)(H,36,39)(H3,32,33,34)/t21-,22-,23-,24+,25-,30-/m0/s1. The molecule has 0 unspecified atom stereocenters. The van der Waals surface area contributed by atoms with Crippen molar-refractivity contribution >= 4 is 30.7 Å². The van der Waals surface area contributed by atoms with Crippen molar-refractivity contribution in [1.82, 2.24) is 16.0 Å². The van der Waals surface area contributed by atoms with Crippen molar-refractivity contribution in [3.8, 4) is 0 Å². The van der Waals surface area contributed by atoms with E-state index in [1.807, 2.05) is 0 Å². The van der Waals surface area contributed by atoms with Gasteiger partial charge in [0.1, 0.15) is 11.8 Å². The van der Waals surface area contributed by atoms with E-state index in [1.54, 1.807) is 14.0 Å². The first-order chi connectivity index (χ1) is 19.3. The molecule has 10 nitrogen and oxygen atoms in total. The fourth-order valence-electron chi connectivity index (χ4n) is 7.07. The number of nitrogens with two attached hydrogens (primary N) is 1. The number of rotatable bonds is 16. The first-order valence-corrected chi connectivity index (χ1v) is 15.7. The highest BCUT2D eigenvalue weighted by atomic mass is 16.7. The number of guanidine groups is 1. The van der Waals surface area contributed by atoms with Crippen LogP contribution in [0.25, 0.3) is 0 Å². The molecule has 0 spiro atoms. The number of hydrogen-bond donors (Lipinski definition) is 4. The molecule has 0 aromatic rings. The number of aliphatic imine (C=N–C) groups is 1. The maximum Gasteiger partial charge on any atom is 0.481 e. The molecule has 6 atom stereocenters. The van der Waals surface area contributed by atoms with Crippen LogP contribution in [0, 0.1) is 23.2 Å². The molecule has 4 rings (SSSR count). The summed E-state index contributed by atoms with van der Waals surface area (Å²) in [6, 6.07) is -0.693. The minimum atomic E-state index is -0.693. The van der Waals surface area contributed by atoms with Gasteiger partial charge in [0.2, 0.25) is 11.8 Å². The second-order valence-electron chi connectivity index (χ2n) is 13.6. The Morgan fingerprint density at radius 3 is 2.39 bits per heavy atom. The van der Waals surface area contributed by atoms with Gasteiger partial charge in [-0.3, -0.25) is 14.6 Å². The third-order valence-electron chi connectivity index (χ3n) is 9.65. The van der Waals surface area contributed by atoms with Gasteiger partial charge in [0.15, 0.2) is 5.96 Å². The average Bonchev–Trinajstić information content (AvgIpc) is 3.26. The molecule has 3 aliphatic carbocycles. The Bertz CT molecular complexity index is 960. The van der Waals surface area contributed by atoms with Crippen molar-refractivity contribution in [2.45, 2.75) is 129 Å². The maximum atomic E-state index is 13.7. The lowest BCUT2D eigenvalue weighted by atomic mass is 9.43. The highest BCUT2D eigenvalue weighted by Crippen LogP contribution is 2.65. The molecule has 0 radical (unpaired) electrons. The molecular formula is C30H54BN5O5. The van der Waals surface area contributed by atoms with E-state index in [0.717, 1.165) is 19.3 Å². The minimum absolute atomic E-state index is 0.0334. The van der Waals surface area contributed by atoms with Crippen molar-refractivity contribution < 1.29 is 23.7 Å². The fraction of sp³-hybridized carbons (Fsp3) is 0.867. The van der Waals surface area contributed by atoms with E-state index in [4.69, 9.17) is 15.0 Å². The molecule has 2 amide bonds. The Hall–Kier alpha value is -2.14. The van der Waals surface area contributed by atoms with E-state index >= 15 is 0 Å². The summed E-state index contributed by atoms with van der Waals surface area (Å²) in [5.74, 6) is 1.19. The smallest absolute Gasteiger partial charge is 0.404 e. The van der Waals surface area contributed by atoms with Gasteiger partial charge in [0.25, 0.3) is 0 Å². The summed E-state index contributed by atoms with van der Waals surface area (Å²) >= 11 is 0. The Labute approximate surface area is 247 Å². The highest BCUT2D eigenvalue weighted by Gasteiger charge is 2.68. The molecule has 5 N–H and O–H groups in total. The van der Waals surface area contributed by atoms with Crippen LogP contribution in [0.1, 0.15) is 106 Å². The summed E-state index contributed by atoms with van der Waals surface area (Å²) in [5, 5.41) is 9.18. The van der Waals surface area contributed by atoms with Crippen molar-refractivity contribution in [1.29, 1.82) is 0 Å². The molecule has 1 heterocycles. The third-order valence-corrected chi connectivity index (χ3v) is 9.65. The van der Waals surface area contributed by atoms with Gasteiger partial charge in [-0.1, -0.05) is 34.1 Å². The Morgan fingerprint density at radius 2 is 1.76 bits per heavy atom. The Balaban J connectivity index is 1.64. The maximum absolute atomic E-state index is 13.7. The molecular weight excluding hydrogens is 521 g/mol. The van der Waals surface area contributed by atoms with Gasteiger partial charge in [-0.2, -0.15) is 0 Å². The van der Waals surface area contributed by atoms with Gasteiger partial charge in [-0.25, -0.2) is 0 Å². The predicted octanol–water partition coefficient (Wildman–Crippen LogP) is 3.12. The molecule has 1 aliphatic heterocycles. The zero-order valence-electron chi connectivity index (χ0n) is 26.4. The van der Waals surface area contributed by atoms with Crippen LogP contribution in [-0.4, -0.2) is 68.0 Å². The van der Waals surface area contributed by atoms with Gasteiger partial charge in [0.05, 0.1) is 17.6 Å². The van der Waals surface area contributed by atoms with Crippen LogP contribution in [0.2, 0.25) is 0 Å². The molecule has 0 aromatic heterocycles. The lowest BCUT2D eigenvalue weighted by Crippen LogP contribution is -2.65. The molecule has 0 aromatic carbocycles. The van der Waals surface area contributed by atoms with E-state index in [9.17, 15) is 14.4 Å². The summed E-state index contributed by atoms with van der Waals surface area (Å²) in [4.78, 5) is 41.6. The van der Waals surface area contributed by atoms with E-state index in [-0.39, 0.29) is 40.7 Å². The number of hydrogen-bond acceptors (Lipinski definition) is 6. The number of nitrogens with one attached hydrogen (secondary N) is 3. The molecule has 1 saturated heterocycles. The number of ketones is 1. The van der Waals surface area contributed by atoms with Gasteiger partial charge >= 0.3 is 7.12 Å². The van der Waals surface area contributed by atoms with E-state index in [0.29, 0.717) is 68.8 Å². The zero-order valence-corrected chi connectivity index (χ0v) is 26.4. The second kappa shape index (κ2) is 14.4. The van der Waals surface area contributed by atoms with Gasteiger partial charge in [0, 0.05) is 26.4 Å². The summed E-state index contributed by atoms with van der Waals surface area (Å²) in [7, 11) is 1.09. The van der Waals surface area contributed by atoms with Crippen LogP contribution in [0.3, 0.4) is 0 Å². The van der Waals surface area contributed by atoms with E-state index in [1.165, 1.54) is 6.42 Å². The summed E-state index contributed by atoms with van der Waals surface area (Å²) < 4.78 is 13.2. The molecule has 2 bridgehead atoms. The number of carbonyl (C=O) groups excluding carboxylic acids is 3. The zero-order chi connectivity index (χ0) is 30.4. The molecule has 4 fully saturated rings. The molecule has 4 aliphatic rings. The van der Waals surface area contributed by atoms with Gasteiger partial charge in [-0.05, 0) is 82.0 Å². The average molecular weight is 576 g/mol. The first kappa shape index (κ1) is 33.4. The Morgan fingerprint density at radius 1 is 1.05 bits per heavy atom. The monoisotopic (exact) mass is 575 g/mol. The van der Waals surface area contributed by atoms with Crippen molar-refractivity contribution in [3.63, 3.8) is 0 Å².